The van der Waals surface area contributed by atoms with Gasteiger partial charge in [-0.25, -0.2) is 4.39 Å². The zero-order valence-corrected chi connectivity index (χ0v) is 12.5. The predicted molar refractivity (Wildman–Crippen MR) is 83.8 cm³/mol. The van der Waals surface area contributed by atoms with Crippen LogP contribution in [0.4, 0.5) is 4.39 Å². The molecule has 3 nitrogen and oxygen atoms in total. The highest BCUT2D eigenvalue weighted by atomic mass is 19.1. The number of halogens is 1. The Morgan fingerprint density at radius 2 is 1.81 bits per heavy atom. The number of nitrogens with zero attached hydrogens (tertiary/aromatic N) is 1. The first-order valence-electron chi connectivity index (χ1n) is 7.36. The van der Waals surface area contributed by atoms with Crippen LogP contribution in [-0.4, -0.2) is 11.1 Å². The highest BCUT2D eigenvalue weighted by Gasteiger charge is 2.10. The summed E-state index contributed by atoms with van der Waals surface area (Å²) in [6, 6.07) is 10.1. The summed E-state index contributed by atoms with van der Waals surface area (Å²) in [7, 11) is 0. The lowest BCUT2D eigenvalue weighted by Gasteiger charge is -2.14. The molecule has 2 rings (SSSR count). The number of hydrogen-bond acceptors (Lipinski definition) is 2. The third-order valence-corrected chi connectivity index (χ3v) is 3.41. The fraction of sp³-hybridized carbons (Fsp3) is 0.353. The predicted octanol–water partition coefficient (Wildman–Crippen LogP) is 3.17. The highest BCUT2D eigenvalue weighted by Crippen LogP contribution is 2.19. The molecule has 0 aliphatic carbocycles. The van der Waals surface area contributed by atoms with Crippen LogP contribution in [0.3, 0.4) is 0 Å². The zero-order valence-electron chi connectivity index (χ0n) is 12.5. The number of rotatable bonds is 6. The molecule has 1 aromatic heterocycles. The number of benzene rings is 1. The Labute approximate surface area is 124 Å². The maximum atomic E-state index is 13.1. The topological polar surface area (TPSA) is 34.0 Å². The second-order valence-corrected chi connectivity index (χ2v) is 4.99. The van der Waals surface area contributed by atoms with Crippen LogP contribution in [0.2, 0.25) is 0 Å². The van der Waals surface area contributed by atoms with E-state index in [0.717, 1.165) is 29.8 Å². The number of hydrogen-bond donors (Lipinski definition) is 1. The van der Waals surface area contributed by atoms with E-state index in [2.05, 4.69) is 5.32 Å². The number of aromatic nitrogens is 1. The fourth-order valence-corrected chi connectivity index (χ4v) is 2.34. The molecule has 21 heavy (non-hydrogen) atoms. The van der Waals surface area contributed by atoms with E-state index in [0.29, 0.717) is 13.1 Å². The second kappa shape index (κ2) is 7.18. The Kier molecular flexibility index (Phi) is 5.28. The van der Waals surface area contributed by atoms with Gasteiger partial charge in [-0.1, -0.05) is 19.9 Å². The lowest BCUT2D eigenvalue weighted by atomic mass is 10.1. The largest absolute Gasteiger partial charge is 0.313 e. The summed E-state index contributed by atoms with van der Waals surface area (Å²) in [5.41, 5.74) is 2.48. The van der Waals surface area contributed by atoms with Gasteiger partial charge in [-0.15, -0.1) is 0 Å². The van der Waals surface area contributed by atoms with Gasteiger partial charge in [0.2, 0.25) is 0 Å². The van der Waals surface area contributed by atoms with Crippen LogP contribution in [0.1, 0.15) is 25.8 Å². The quantitative estimate of drug-likeness (QED) is 0.886. The van der Waals surface area contributed by atoms with Crippen LogP contribution in [0.15, 0.2) is 41.2 Å². The Morgan fingerprint density at radius 1 is 1.10 bits per heavy atom. The van der Waals surface area contributed by atoms with Crippen molar-refractivity contribution in [2.75, 3.05) is 6.54 Å². The molecule has 0 aliphatic rings. The van der Waals surface area contributed by atoms with E-state index in [4.69, 9.17) is 0 Å². The van der Waals surface area contributed by atoms with Gasteiger partial charge in [0, 0.05) is 18.7 Å². The van der Waals surface area contributed by atoms with Crippen molar-refractivity contribution in [1.82, 2.24) is 9.88 Å². The smallest absolute Gasteiger partial charge is 0.255 e. The molecule has 1 aromatic carbocycles. The lowest BCUT2D eigenvalue weighted by Crippen LogP contribution is -2.28. The van der Waals surface area contributed by atoms with Crippen LogP contribution in [-0.2, 0) is 13.1 Å². The summed E-state index contributed by atoms with van der Waals surface area (Å²) < 4.78 is 14.8. The molecular formula is C17H21FN2O. The van der Waals surface area contributed by atoms with E-state index in [1.54, 1.807) is 16.7 Å². The Bertz CT molecular complexity index is 647. The van der Waals surface area contributed by atoms with Crippen LogP contribution in [0.5, 0.6) is 0 Å². The summed E-state index contributed by atoms with van der Waals surface area (Å²) in [4.78, 5) is 12.6. The van der Waals surface area contributed by atoms with Gasteiger partial charge in [0.05, 0.1) is 5.69 Å². The van der Waals surface area contributed by atoms with E-state index in [1.165, 1.54) is 12.1 Å². The SMILES string of the molecule is CCCn1c(-c2ccc(F)cc2)ccc(CNCC)c1=O. The zero-order chi connectivity index (χ0) is 15.2. The van der Waals surface area contributed by atoms with E-state index < -0.39 is 0 Å². The maximum Gasteiger partial charge on any atom is 0.255 e. The standard InChI is InChI=1S/C17H21FN2O/c1-3-11-20-16(13-5-8-15(18)9-6-13)10-7-14(17(20)21)12-19-4-2/h5-10,19H,3-4,11-12H2,1-2H3. The molecule has 0 radical (unpaired) electrons. The molecule has 0 saturated heterocycles. The van der Waals surface area contributed by atoms with Gasteiger partial charge >= 0.3 is 0 Å². The molecule has 0 bridgehead atoms. The lowest BCUT2D eigenvalue weighted by molar-refractivity contribution is 0.627. The van der Waals surface area contributed by atoms with Crippen molar-refractivity contribution < 1.29 is 4.39 Å². The van der Waals surface area contributed by atoms with Gasteiger partial charge in [0.25, 0.3) is 5.56 Å². The molecule has 0 amide bonds. The third kappa shape index (κ3) is 3.58. The molecule has 0 spiro atoms. The summed E-state index contributed by atoms with van der Waals surface area (Å²) >= 11 is 0. The first-order chi connectivity index (χ1) is 10.2. The first kappa shape index (κ1) is 15.4. The van der Waals surface area contributed by atoms with Gasteiger partial charge in [0.15, 0.2) is 0 Å². The van der Waals surface area contributed by atoms with Crippen molar-refractivity contribution in [3.05, 3.63) is 58.1 Å². The fourth-order valence-electron chi connectivity index (χ4n) is 2.34. The Morgan fingerprint density at radius 3 is 2.43 bits per heavy atom. The molecule has 112 valence electrons. The minimum Gasteiger partial charge on any atom is -0.313 e. The van der Waals surface area contributed by atoms with Crippen LogP contribution < -0.4 is 10.9 Å². The van der Waals surface area contributed by atoms with Crippen molar-refractivity contribution >= 4 is 0 Å². The van der Waals surface area contributed by atoms with Crippen molar-refractivity contribution in [2.45, 2.75) is 33.4 Å². The summed E-state index contributed by atoms with van der Waals surface area (Å²) in [6.45, 7) is 6.11. The molecule has 1 heterocycles. The molecular weight excluding hydrogens is 267 g/mol. The van der Waals surface area contributed by atoms with Crippen LogP contribution >= 0.6 is 0 Å². The van der Waals surface area contributed by atoms with Gasteiger partial charge in [-0.3, -0.25) is 4.79 Å². The number of pyridine rings is 1. The van der Waals surface area contributed by atoms with Crippen molar-refractivity contribution in [3.8, 4) is 11.3 Å². The summed E-state index contributed by atoms with van der Waals surface area (Å²) in [5, 5.41) is 3.18. The molecule has 4 heteroatoms. The minimum atomic E-state index is -0.271. The molecule has 0 unspecified atom stereocenters. The Hall–Kier alpha value is -1.94. The summed E-state index contributed by atoms with van der Waals surface area (Å²) in [5.74, 6) is -0.271. The van der Waals surface area contributed by atoms with E-state index in [9.17, 15) is 9.18 Å². The second-order valence-electron chi connectivity index (χ2n) is 4.99. The normalized spacial score (nSPS) is 10.8. The van der Waals surface area contributed by atoms with E-state index >= 15 is 0 Å². The number of nitrogens with one attached hydrogen (secondary N) is 1. The minimum absolute atomic E-state index is 0.0274. The first-order valence-corrected chi connectivity index (χ1v) is 7.36. The summed E-state index contributed by atoms with van der Waals surface area (Å²) in [6.07, 6.45) is 0.874. The van der Waals surface area contributed by atoms with Crippen molar-refractivity contribution in [1.29, 1.82) is 0 Å². The van der Waals surface area contributed by atoms with Crippen molar-refractivity contribution in [3.63, 3.8) is 0 Å². The van der Waals surface area contributed by atoms with E-state index in [-0.39, 0.29) is 11.4 Å². The van der Waals surface area contributed by atoms with Crippen molar-refractivity contribution in [2.24, 2.45) is 0 Å². The Balaban J connectivity index is 2.48. The molecule has 2 aromatic rings. The monoisotopic (exact) mass is 288 g/mol. The highest BCUT2D eigenvalue weighted by molar-refractivity contribution is 5.59. The van der Waals surface area contributed by atoms with Crippen LogP contribution in [0.25, 0.3) is 11.3 Å². The van der Waals surface area contributed by atoms with E-state index in [1.807, 2.05) is 26.0 Å². The molecule has 0 atom stereocenters. The molecule has 1 N–H and O–H groups in total. The van der Waals surface area contributed by atoms with Gasteiger partial charge < -0.3 is 9.88 Å². The van der Waals surface area contributed by atoms with Gasteiger partial charge in [-0.05, 0) is 48.9 Å². The third-order valence-electron chi connectivity index (χ3n) is 3.41. The molecule has 0 saturated carbocycles. The van der Waals surface area contributed by atoms with Gasteiger partial charge in [-0.2, -0.15) is 0 Å². The molecule has 0 aliphatic heterocycles. The average molecular weight is 288 g/mol. The maximum absolute atomic E-state index is 13.1. The molecule has 0 fully saturated rings. The van der Waals surface area contributed by atoms with Crippen LogP contribution in [0, 0.1) is 5.82 Å². The van der Waals surface area contributed by atoms with Gasteiger partial charge in [0.1, 0.15) is 5.82 Å². The average Bonchev–Trinajstić information content (AvgIpc) is 2.49.